The Bertz CT molecular complexity index is 3230. The standard InChI is InChI=1S/C53H38N2.C6H6/c1-36-26-29-42(30-27-36)55(41-20-6-3-7-21-41)43-31-33-49-51(35-43)53(47-25-13-17-38-15-9-11-23-45(38)47)48-32-28-40(54-39-18-4-2-5-19-39)34-50(48)52(49)46-24-12-16-37-14-8-10-22-44(37)46;1-2-4-6-5-3-1/h2-35,54H,1H3;1-6H. The summed E-state index contributed by atoms with van der Waals surface area (Å²) in [6.45, 7) is 2.14. The van der Waals surface area contributed by atoms with Gasteiger partial charge in [-0.3, -0.25) is 0 Å². The second kappa shape index (κ2) is 16.7. The number of anilines is 5. The van der Waals surface area contributed by atoms with Crippen LogP contribution in [0.4, 0.5) is 28.4 Å². The maximum Gasteiger partial charge on any atom is 0.0468 e. The zero-order valence-electron chi connectivity index (χ0n) is 34.0. The highest BCUT2D eigenvalue weighted by Gasteiger charge is 2.22. The molecule has 290 valence electrons. The van der Waals surface area contributed by atoms with Gasteiger partial charge in [0.15, 0.2) is 0 Å². The van der Waals surface area contributed by atoms with Gasteiger partial charge in [0.1, 0.15) is 0 Å². The molecule has 0 saturated carbocycles. The van der Waals surface area contributed by atoms with E-state index in [1.54, 1.807) is 0 Å². The van der Waals surface area contributed by atoms with E-state index >= 15 is 0 Å². The monoisotopic (exact) mass is 780 g/mol. The number of nitrogens with zero attached hydrogens (tertiary/aromatic N) is 1. The van der Waals surface area contributed by atoms with Crippen molar-refractivity contribution in [3.05, 3.63) is 248 Å². The predicted molar refractivity (Wildman–Crippen MR) is 263 cm³/mol. The SMILES string of the molecule is Cc1ccc(N(c2ccccc2)c2ccc3c(-c4cccc5ccccc45)c4cc(Nc5ccccc5)ccc4c(-c4cccc5ccccc45)c3c2)cc1.c1ccccc1. The van der Waals surface area contributed by atoms with Gasteiger partial charge in [-0.2, -0.15) is 0 Å². The predicted octanol–water partition coefficient (Wildman–Crippen LogP) is 16.8. The number of nitrogens with one attached hydrogen (secondary N) is 1. The van der Waals surface area contributed by atoms with Gasteiger partial charge >= 0.3 is 0 Å². The molecule has 0 aliphatic heterocycles. The first-order valence-electron chi connectivity index (χ1n) is 20.9. The van der Waals surface area contributed by atoms with Gasteiger partial charge in [0.05, 0.1) is 0 Å². The largest absolute Gasteiger partial charge is 0.356 e. The Morgan fingerprint density at radius 1 is 0.295 bits per heavy atom. The third-order valence-corrected chi connectivity index (χ3v) is 11.5. The third kappa shape index (κ3) is 7.48. The Hall–Kier alpha value is -7.94. The first-order chi connectivity index (χ1) is 30.2. The number of benzene rings is 11. The fraction of sp³-hybridized carbons (Fsp3) is 0.0169. The van der Waals surface area contributed by atoms with Gasteiger partial charge in [0, 0.05) is 28.4 Å². The van der Waals surface area contributed by atoms with E-state index in [4.69, 9.17) is 0 Å². The molecule has 11 rings (SSSR count). The number of aryl methyl sites for hydroxylation is 1. The molecule has 0 amide bonds. The maximum atomic E-state index is 3.71. The summed E-state index contributed by atoms with van der Waals surface area (Å²) in [5.74, 6) is 0. The van der Waals surface area contributed by atoms with Crippen molar-refractivity contribution in [1.82, 2.24) is 0 Å². The average molecular weight is 781 g/mol. The van der Waals surface area contributed by atoms with Crippen molar-refractivity contribution in [1.29, 1.82) is 0 Å². The molecule has 0 fully saturated rings. The van der Waals surface area contributed by atoms with Crippen LogP contribution in [0.1, 0.15) is 5.56 Å². The van der Waals surface area contributed by atoms with Crippen LogP contribution in [0.25, 0.3) is 65.3 Å². The van der Waals surface area contributed by atoms with Crippen molar-refractivity contribution in [3.8, 4) is 22.3 Å². The molecule has 0 atom stereocenters. The maximum absolute atomic E-state index is 3.71. The lowest BCUT2D eigenvalue weighted by molar-refractivity contribution is 1.28. The van der Waals surface area contributed by atoms with E-state index in [0.717, 1.165) is 28.4 Å². The molecular formula is C59H44N2. The Morgan fingerprint density at radius 3 is 1.33 bits per heavy atom. The Labute approximate surface area is 357 Å². The molecule has 1 N–H and O–H groups in total. The number of rotatable bonds is 7. The lowest BCUT2D eigenvalue weighted by atomic mass is 9.83. The van der Waals surface area contributed by atoms with Crippen molar-refractivity contribution in [2.24, 2.45) is 0 Å². The third-order valence-electron chi connectivity index (χ3n) is 11.5. The molecule has 61 heavy (non-hydrogen) atoms. The molecule has 11 aromatic carbocycles. The van der Waals surface area contributed by atoms with Crippen molar-refractivity contribution in [3.63, 3.8) is 0 Å². The smallest absolute Gasteiger partial charge is 0.0468 e. The van der Waals surface area contributed by atoms with E-state index < -0.39 is 0 Å². The molecule has 0 aromatic heterocycles. The van der Waals surface area contributed by atoms with E-state index in [9.17, 15) is 0 Å². The highest BCUT2D eigenvalue weighted by atomic mass is 15.1. The summed E-state index contributed by atoms with van der Waals surface area (Å²) in [7, 11) is 0. The van der Waals surface area contributed by atoms with Crippen LogP contribution in [0.2, 0.25) is 0 Å². The zero-order valence-corrected chi connectivity index (χ0v) is 34.0. The molecule has 0 unspecified atom stereocenters. The van der Waals surface area contributed by atoms with Crippen molar-refractivity contribution >= 4 is 71.5 Å². The number of hydrogen-bond acceptors (Lipinski definition) is 2. The Balaban J connectivity index is 0.000000686. The molecule has 0 aliphatic carbocycles. The van der Waals surface area contributed by atoms with Crippen LogP contribution in [0, 0.1) is 6.92 Å². The fourth-order valence-corrected chi connectivity index (χ4v) is 8.69. The van der Waals surface area contributed by atoms with E-state index in [1.165, 1.54) is 70.9 Å². The van der Waals surface area contributed by atoms with Crippen molar-refractivity contribution in [2.45, 2.75) is 6.92 Å². The van der Waals surface area contributed by atoms with Crippen molar-refractivity contribution in [2.75, 3.05) is 10.2 Å². The van der Waals surface area contributed by atoms with Gasteiger partial charge in [-0.1, -0.05) is 188 Å². The van der Waals surface area contributed by atoms with E-state index in [-0.39, 0.29) is 0 Å². The Morgan fingerprint density at radius 2 is 0.738 bits per heavy atom. The molecule has 2 heteroatoms. The quantitative estimate of drug-likeness (QED) is 0.162. The average Bonchev–Trinajstić information content (AvgIpc) is 3.33. The van der Waals surface area contributed by atoms with Crippen LogP contribution in [0.5, 0.6) is 0 Å². The second-order valence-electron chi connectivity index (χ2n) is 15.4. The summed E-state index contributed by atoms with van der Waals surface area (Å²) in [5.41, 5.74) is 11.6. The van der Waals surface area contributed by atoms with Gasteiger partial charge in [-0.05, 0) is 133 Å². The number of fused-ring (bicyclic) bond motifs is 4. The summed E-state index contributed by atoms with van der Waals surface area (Å²) in [6, 6.07) is 86.9. The van der Waals surface area contributed by atoms with E-state index in [2.05, 4.69) is 223 Å². The van der Waals surface area contributed by atoms with E-state index in [0.29, 0.717) is 0 Å². The van der Waals surface area contributed by atoms with Crippen molar-refractivity contribution < 1.29 is 0 Å². The first kappa shape index (κ1) is 37.3. The van der Waals surface area contributed by atoms with Crippen LogP contribution < -0.4 is 10.2 Å². The molecule has 11 aromatic rings. The topological polar surface area (TPSA) is 15.3 Å². The molecule has 0 spiro atoms. The molecule has 0 heterocycles. The summed E-state index contributed by atoms with van der Waals surface area (Å²) in [4.78, 5) is 2.38. The molecule has 0 aliphatic rings. The first-order valence-corrected chi connectivity index (χ1v) is 20.9. The summed E-state index contributed by atoms with van der Waals surface area (Å²) >= 11 is 0. The molecule has 0 radical (unpaired) electrons. The molecule has 2 nitrogen and oxygen atoms in total. The zero-order chi connectivity index (χ0) is 41.0. The fourth-order valence-electron chi connectivity index (χ4n) is 8.69. The highest BCUT2D eigenvalue weighted by Crippen LogP contribution is 2.49. The van der Waals surface area contributed by atoms with Gasteiger partial charge in [-0.15, -0.1) is 0 Å². The second-order valence-corrected chi connectivity index (χ2v) is 15.4. The summed E-state index contributed by atoms with van der Waals surface area (Å²) < 4.78 is 0. The molecule has 0 saturated heterocycles. The highest BCUT2D eigenvalue weighted by molar-refractivity contribution is 6.26. The number of para-hydroxylation sites is 2. The minimum atomic E-state index is 1.05. The molecular weight excluding hydrogens is 737 g/mol. The van der Waals surface area contributed by atoms with Crippen LogP contribution >= 0.6 is 0 Å². The Kier molecular flexibility index (Phi) is 10.2. The number of hydrogen-bond donors (Lipinski definition) is 1. The summed E-state index contributed by atoms with van der Waals surface area (Å²) in [5, 5.41) is 13.5. The van der Waals surface area contributed by atoms with Crippen LogP contribution in [-0.4, -0.2) is 0 Å². The minimum Gasteiger partial charge on any atom is -0.356 e. The van der Waals surface area contributed by atoms with Gasteiger partial charge in [0.2, 0.25) is 0 Å². The van der Waals surface area contributed by atoms with Gasteiger partial charge < -0.3 is 10.2 Å². The van der Waals surface area contributed by atoms with E-state index in [1.807, 2.05) is 36.4 Å². The summed E-state index contributed by atoms with van der Waals surface area (Å²) in [6.07, 6.45) is 0. The molecule has 0 bridgehead atoms. The van der Waals surface area contributed by atoms with Gasteiger partial charge in [-0.25, -0.2) is 0 Å². The lowest BCUT2D eigenvalue weighted by Crippen LogP contribution is -2.10. The van der Waals surface area contributed by atoms with Crippen LogP contribution in [0.3, 0.4) is 0 Å². The van der Waals surface area contributed by atoms with Crippen LogP contribution in [-0.2, 0) is 0 Å². The normalized spacial score (nSPS) is 11.0. The van der Waals surface area contributed by atoms with Gasteiger partial charge in [0.25, 0.3) is 0 Å². The lowest BCUT2D eigenvalue weighted by Gasteiger charge is -2.27. The minimum absolute atomic E-state index is 1.05. The van der Waals surface area contributed by atoms with Crippen LogP contribution in [0.15, 0.2) is 243 Å².